The summed E-state index contributed by atoms with van der Waals surface area (Å²) in [7, 11) is 0. The molecule has 1 heterocycles. The fraction of sp³-hybridized carbons (Fsp3) is 0.0667. The van der Waals surface area contributed by atoms with Crippen molar-refractivity contribution in [3.63, 3.8) is 0 Å². The monoisotopic (exact) mass is 268 g/mol. The van der Waals surface area contributed by atoms with Crippen LogP contribution in [0.25, 0.3) is 22.8 Å². The lowest BCUT2D eigenvalue weighted by Crippen LogP contribution is -1.84. The van der Waals surface area contributed by atoms with Crippen LogP contribution in [0.4, 0.5) is 0 Å². The minimum Gasteiger partial charge on any atom is -0.508 e. The van der Waals surface area contributed by atoms with Gasteiger partial charge in [-0.15, -0.1) is 0 Å². The van der Waals surface area contributed by atoms with Crippen LogP contribution in [0.3, 0.4) is 0 Å². The molecule has 100 valence electrons. The Morgan fingerprint density at radius 2 is 1.85 bits per heavy atom. The molecule has 0 aliphatic carbocycles. The van der Waals surface area contributed by atoms with E-state index in [-0.39, 0.29) is 11.5 Å². The summed E-state index contributed by atoms with van der Waals surface area (Å²) >= 11 is 0. The Kier molecular flexibility index (Phi) is 2.87. The predicted molar refractivity (Wildman–Crippen MR) is 73.2 cm³/mol. The van der Waals surface area contributed by atoms with Gasteiger partial charge < -0.3 is 14.7 Å². The van der Waals surface area contributed by atoms with Crippen LogP contribution in [0.5, 0.6) is 11.5 Å². The number of rotatable bonds is 2. The van der Waals surface area contributed by atoms with Gasteiger partial charge in [-0.2, -0.15) is 4.98 Å². The molecule has 1 aromatic heterocycles. The molecule has 20 heavy (non-hydrogen) atoms. The largest absolute Gasteiger partial charge is 0.508 e. The van der Waals surface area contributed by atoms with Crippen LogP contribution in [0.2, 0.25) is 0 Å². The number of aromatic nitrogens is 2. The Bertz CT molecular complexity index is 765. The second-order valence-electron chi connectivity index (χ2n) is 4.42. The quantitative estimate of drug-likeness (QED) is 0.746. The minimum atomic E-state index is 0.141. The highest BCUT2D eigenvalue weighted by Gasteiger charge is 2.14. The number of aromatic hydroxyl groups is 2. The molecule has 3 aromatic rings. The Hall–Kier alpha value is -2.82. The zero-order chi connectivity index (χ0) is 14.1. The molecular weight excluding hydrogens is 256 g/mol. The Morgan fingerprint density at radius 1 is 1.05 bits per heavy atom. The summed E-state index contributed by atoms with van der Waals surface area (Å²) in [6.07, 6.45) is 0. The molecule has 0 unspecified atom stereocenters. The van der Waals surface area contributed by atoms with Crippen molar-refractivity contribution in [2.75, 3.05) is 0 Å². The van der Waals surface area contributed by atoms with Crippen molar-refractivity contribution in [3.05, 3.63) is 48.0 Å². The molecule has 0 aliphatic heterocycles. The molecule has 3 rings (SSSR count). The lowest BCUT2D eigenvalue weighted by Gasteiger charge is -2.01. The van der Waals surface area contributed by atoms with Crippen molar-refractivity contribution in [1.29, 1.82) is 0 Å². The first kappa shape index (κ1) is 12.2. The highest BCUT2D eigenvalue weighted by atomic mass is 16.5. The van der Waals surface area contributed by atoms with E-state index in [1.807, 2.05) is 0 Å². The van der Waals surface area contributed by atoms with Gasteiger partial charge in [0.15, 0.2) is 0 Å². The zero-order valence-electron chi connectivity index (χ0n) is 10.7. The molecule has 0 saturated heterocycles. The first-order valence-electron chi connectivity index (χ1n) is 6.07. The summed E-state index contributed by atoms with van der Waals surface area (Å²) in [4.78, 5) is 4.29. The maximum Gasteiger partial charge on any atom is 0.258 e. The SMILES string of the molecule is Cc1c(O)cccc1-c1nc(-c2cccc(O)c2)no1. The van der Waals surface area contributed by atoms with E-state index in [1.165, 1.54) is 0 Å². The molecule has 0 amide bonds. The average molecular weight is 268 g/mol. The Morgan fingerprint density at radius 3 is 2.65 bits per heavy atom. The van der Waals surface area contributed by atoms with Gasteiger partial charge in [0, 0.05) is 16.7 Å². The van der Waals surface area contributed by atoms with Gasteiger partial charge in [0.1, 0.15) is 11.5 Å². The van der Waals surface area contributed by atoms with Crippen LogP contribution >= 0.6 is 0 Å². The summed E-state index contributed by atoms with van der Waals surface area (Å²) in [5.74, 6) is 1.04. The van der Waals surface area contributed by atoms with Gasteiger partial charge in [0.2, 0.25) is 5.82 Å². The maximum absolute atomic E-state index is 9.70. The number of phenolic OH excluding ortho intramolecular Hbond substituents is 2. The van der Waals surface area contributed by atoms with Crippen molar-refractivity contribution in [3.8, 4) is 34.3 Å². The summed E-state index contributed by atoms with van der Waals surface area (Å²) in [6.45, 7) is 1.78. The maximum atomic E-state index is 9.70. The third-order valence-corrected chi connectivity index (χ3v) is 3.07. The van der Waals surface area contributed by atoms with E-state index in [9.17, 15) is 10.2 Å². The second kappa shape index (κ2) is 4.70. The van der Waals surface area contributed by atoms with E-state index in [4.69, 9.17) is 4.52 Å². The van der Waals surface area contributed by atoms with Crippen molar-refractivity contribution < 1.29 is 14.7 Å². The van der Waals surface area contributed by atoms with Crippen LogP contribution < -0.4 is 0 Å². The van der Waals surface area contributed by atoms with Crippen LogP contribution in [-0.4, -0.2) is 20.4 Å². The molecule has 0 saturated carbocycles. The standard InChI is InChI=1S/C15H12N2O3/c1-9-12(6-3-7-13(9)19)15-16-14(17-20-15)10-4-2-5-11(18)8-10/h2-8,18-19H,1H3. The van der Waals surface area contributed by atoms with Crippen molar-refractivity contribution in [2.45, 2.75) is 6.92 Å². The van der Waals surface area contributed by atoms with Crippen molar-refractivity contribution in [2.24, 2.45) is 0 Å². The summed E-state index contributed by atoms with van der Waals surface area (Å²) in [6, 6.07) is 11.7. The predicted octanol–water partition coefficient (Wildman–Crippen LogP) is 3.12. The first-order chi connectivity index (χ1) is 9.65. The topological polar surface area (TPSA) is 79.4 Å². The molecule has 0 atom stereocenters. The molecule has 0 spiro atoms. The lowest BCUT2D eigenvalue weighted by molar-refractivity contribution is 0.430. The summed E-state index contributed by atoms with van der Waals surface area (Å²) in [5.41, 5.74) is 2.03. The number of nitrogens with zero attached hydrogens (tertiary/aromatic N) is 2. The minimum absolute atomic E-state index is 0.141. The van der Waals surface area contributed by atoms with Gasteiger partial charge in [0.25, 0.3) is 5.89 Å². The van der Waals surface area contributed by atoms with Crippen molar-refractivity contribution in [1.82, 2.24) is 10.1 Å². The van der Waals surface area contributed by atoms with Crippen LogP contribution in [0.15, 0.2) is 47.0 Å². The van der Waals surface area contributed by atoms with Gasteiger partial charge in [-0.25, -0.2) is 0 Å². The van der Waals surface area contributed by atoms with E-state index in [2.05, 4.69) is 10.1 Å². The van der Waals surface area contributed by atoms with Gasteiger partial charge in [-0.1, -0.05) is 23.4 Å². The first-order valence-corrected chi connectivity index (χ1v) is 6.07. The molecular formula is C15H12N2O3. The normalized spacial score (nSPS) is 10.7. The molecule has 0 bridgehead atoms. The summed E-state index contributed by atoms with van der Waals surface area (Å²) < 4.78 is 5.23. The number of phenols is 2. The molecule has 0 aliphatic rings. The zero-order valence-corrected chi connectivity index (χ0v) is 10.7. The average Bonchev–Trinajstić information content (AvgIpc) is 2.91. The van der Waals surface area contributed by atoms with E-state index >= 15 is 0 Å². The van der Waals surface area contributed by atoms with E-state index < -0.39 is 0 Å². The fourth-order valence-electron chi connectivity index (χ4n) is 1.95. The van der Waals surface area contributed by atoms with E-state index in [0.29, 0.717) is 28.4 Å². The highest BCUT2D eigenvalue weighted by Crippen LogP contribution is 2.29. The van der Waals surface area contributed by atoms with Crippen LogP contribution in [0, 0.1) is 6.92 Å². The van der Waals surface area contributed by atoms with Crippen LogP contribution in [0.1, 0.15) is 5.56 Å². The molecule has 2 N–H and O–H groups in total. The highest BCUT2D eigenvalue weighted by molar-refractivity contribution is 5.65. The number of benzene rings is 2. The number of hydrogen-bond donors (Lipinski definition) is 2. The molecule has 2 aromatic carbocycles. The van der Waals surface area contributed by atoms with Crippen molar-refractivity contribution >= 4 is 0 Å². The number of hydrogen-bond acceptors (Lipinski definition) is 5. The smallest absolute Gasteiger partial charge is 0.258 e. The molecule has 5 heteroatoms. The summed E-state index contributed by atoms with van der Waals surface area (Å²) in [5, 5.41) is 23.1. The van der Waals surface area contributed by atoms with Crippen LogP contribution in [-0.2, 0) is 0 Å². The Balaban J connectivity index is 2.04. The molecule has 5 nitrogen and oxygen atoms in total. The van der Waals surface area contributed by atoms with Gasteiger partial charge in [-0.05, 0) is 31.2 Å². The lowest BCUT2D eigenvalue weighted by atomic mass is 10.1. The van der Waals surface area contributed by atoms with Gasteiger partial charge >= 0.3 is 0 Å². The van der Waals surface area contributed by atoms with E-state index in [1.54, 1.807) is 49.4 Å². The molecule has 0 fully saturated rings. The van der Waals surface area contributed by atoms with Gasteiger partial charge in [-0.3, -0.25) is 0 Å². The Labute approximate surface area is 115 Å². The second-order valence-corrected chi connectivity index (χ2v) is 4.42. The fourth-order valence-corrected chi connectivity index (χ4v) is 1.95. The van der Waals surface area contributed by atoms with Gasteiger partial charge in [0.05, 0.1) is 0 Å². The third kappa shape index (κ3) is 2.09. The molecule has 0 radical (unpaired) electrons. The third-order valence-electron chi connectivity index (χ3n) is 3.07. The van der Waals surface area contributed by atoms with E-state index in [0.717, 1.165) is 0 Å².